The summed E-state index contributed by atoms with van der Waals surface area (Å²) in [6, 6.07) is 1.67. The molecule has 1 aromatic heterocycles. The first kappa shape index (κ1) is 10.1. The molecule has 0 amide bonds. The van der Waals surface area contributed by atoms with Gasteiger partial charge in [0.1, 0.15) is 11.7 Å². The molecule has 6 nitrogen and oxygen atoms in total. The minimum atomic E-state index is -0.407. The third-order valence-corrected chi connectivity index (χ3v) is 1.70. The number of nitriles is 1. The first-order valence-electron chi connectivity index (χ1n) is 4.18. The smallest absolute Gasteiger partial charge is 0.275 e. The Bertz CT molecular complexity index is 405. The van der Waals surface area contributed by atoms with Gasteiger partial charge >= 0.3 is 0 Å². The summed E-state index contributed by atoms with van der Waals surface area (Å²) in [5.74, 6) is 0.262. The van der Waals surface area contributed by atoms with E-state index in [-0.39, 0.29) is 17.7 Å². The van der Waals surface area contributed by atoms with Gasteiger partial charge in [0.2, 0.25) is 5.95 Å². The Morgan fingerprint density at radius 3 is 3.07 bits per heavy atom. The second-order valence-electron chi connectivity index (χ2n) is 2.75. The van der Waals surface area contributed by atoms with Crippen molar-refractivity contribution in [2.24, 2.45) is 0 Å². The quantitative estimate of drug-likeness (QED) is 0.629. The zero-order chi connectivity index (χ0) is 10.6. The first-order valence-corrected chi connectivity index (χ1v) is 4.18. The van der Waals surface area contributed by atoms with Crippen LogP contribution in [0.5, 0.6) is 0 Å². The second kappa shape index (κ2) is 4.28. The monoisotopic (exact) mass is 193 g/mol. The highest BCUT2D eigenvalue weighted by Gasteiger charge is 2.05. The number of nitrogens with zero attached hydrogens (tertiary/aromatic N) is 2. The summed E-state index contributed by atoms with van der Waals surface area (Å²) >= 11 is 0. The average Bonchev–Trinajstić information content (AvgIpc) is 2.19. The van der Waals surface area contributed by atoms with Gasteiger partial charge in [0.05, 0.1) is 12.3 Å². The van der Waals surface area contributed by atoms with Crippen molar-refractivity contribution in [1.82, 2.24) is 9.97 Å². The van der Waals surface area contributed by atoms with Crippen molar-refractivity contribution in [1.29, 1.82) is 5.26 Å². The lowest BCUT2D eigenvalue weighted by molar-refractivity contribution is 0.828. The molecule has 1 atom stereocenters. The maximum Gasteiger partial charge on any atom is 0.275 e. The van der Waals surface area contributed by atoms with E-state index in [4.69, 9.17) is 11.0 Å². The third kappa shape index (κ3) is 2.23. The standard InChI is InChI=1S/C8H11N5O/c1-2-5(3-9)12-8-11-4-6(10)7(14)13-8/h4-5H,2,10H2,1H3,(H2,11,12,13,14). The molecule has 1 aromatic rings. The molecule has 0 aromatic carbocycles. The van der Waals surface area contributed by atoms with E-state index in [9.17, 15) is 4.79 Å². The molecule has 0 saturated heterocycles. The molecular formula is C8H11N5O. The van der Waals surface area contributed by atoms with Crippen LogP contribution in [0.15, 0.2) is 11.0 Å². The van der Waals surface area contributed by atoms with Crippen molar-refractivity contribution in [3.63, 3.8) is 0 Å². The summed E-state index contributed by atoms with van der Waals surface area (Å²) in [5.41, 5.74) is 4.93. The number of hydrogen-bond donors (Lipinski definition) is 3. The van der Waals surface area contributed by atoms with Gasteiger partial charge in [0.25, 0.3) is 5.56 Å². The summed E-state index contributed by atoms with van der Waals surface area (Å²) in [6.07, 6.45) is 1.88. The zero-order valence-corrected chi connectivity index (χ0v) is 7.74. The fourth-order valence-corrected chi connectivity index (χ4v) is 0.869. The zero-order valence-electron chi connectivity index (χ0n) is 7.74. The predicted molar refractivity (Wildman–Crippen MR) is 52.6 cm³/mol. The van der Waals surface area contributed by atoms with Crippen molar-refractivity contribution in [3.8, 4) is 6.07 Å². The van der Waals surface area contributed by atoms with Gasteiger partial charge in [-0.3, -0.25) is 9.78 Å². The number of aromatic nitrogens is 2. The minimum absolute atomic E-state index is 0.0561. The Morgan fingerprint density at radius 1 is 1.86 bits per heavy atom. The van der Waals surface area contributed by atoms with Crippen LogP contribution < -0.4 is 16.6 Å². The highest BCUT2D eigenvalue weighted by atomic mass is 16.1. The molecule has 1 unspecified atom stereocenters. The van der Waals surface area contributed by atoms with Crippen LogP contribution in [-0.4, -0.2) is 16.0 Å². The first-order chi connectivity index (χ1) is 6.67. The minimum Gasteiger partial charge on any atom is -0.393 e. The van der Waals surface area contributed by atoms with E-state index in [1.54, 1.807) is 0 Å². The fraction of sp³-hybridized carbons (Fsp3) is 0.375. The molecule has 0 spiro atoms. The molecule has 0 fully saturated rings. The summed E-state index contributed by atoms with van der Waals surface area (Å²) in [6.45, 7) is 1.86. The topological polar surface area (TPSA) is 108 Å². The fourth-order valence-electron chi connectivity index (χ4n) is 0.869. The van der Waals surface area contributed by atoms with Gasteiger partial charge < -0.3 is 11.1 Å². The summed E-state index contributed by atoms with van der Waals surface area (Å²) < 4.78 is 0. The normalized spacial score (nSPS) is 11.7. The molecule has 0 aliphatic heterocycles. The molecule has 74 valence electrons. The van der Waals surface area contributed by atoms with E-state index >= 15 is 0 Å². The maximum atomic E-state index is 11.1. The number of hydrogen-bond acceptors (Lipinski definition) is 5. The predicted octanol–water partition coefficient (Wildman–Crippen LogP) is 0.0662. The van der Waals surface area contributed by atoms with E-state index in [2.05, 4.69) is 15.3 Å². The Balaban J connectivity index is 2.84. The van der Waals surface area contributed by atoms with Gasteiger partial charge in [-0.15, -0.1) is 0 Å². The number of nitrogen functional groups attached to an aromatic ring is 1. The molecular weight excluding hydrogens is 182 g/mol. The Kier molecular flexibility index (Phi) is 3.07. The van der Waals surface area contributed by atoms with E-state index in [1.807, 2.05) is 13.0 Å². The van der Waals surface area contributed by atoms with Crippen molar-refractivity contribution in [2.75, 3.05) is 11.1 Å². The van der Waals surface area contributed by atoms with Gasteiger partial charge in [-0.1, -0.05) is 6.92 Å². The van der Waals surface area contributed by atoms with Crippen LogP contribution in [0.25, 0.3) is 0 Å². The SMILES string of the molecule is CCC(C#N)Nc1ncc(N)c(=O)[nH]1. The van der Waals surface area contributed by atoms with Crippen molar-refractivity contribution in [3.05, 3.63) is 16.6 Å². The van der Waals surface area contributed by atoms with Gasteiger partial charge in [-0.25, -0.2) is 4.98 Å². The van der Waals surface area contributed by atoms with E-state index in [0.29, 0.717) is 6.42 Å². The number of anilines is 2. The average molecular weight is 193 g/mol. The van der Waals surface area contributed by atoms with Crippen LogP contribution in [0.1, 0.15) is 13.3 Å². The molecule has 14 heavy (non-hydrogen) atoms. The summed E-state index contributed by atoms with van der Waals surface area (Å²) in [7, 11) is 0. The molecule has 0 bridgehead atoms. The number of aromatic amines is 1. The molecule has 6 heteroatoms. The maximum absolute atomic E-state index is 11.1. The van der Waals surface area contributed by atoms with Crippen molar-refractivity contribution in [2.45, 2.75) is 19.4 Å². The van der Waals surface area contributed by atoms with Gasteiger partial charge in [0, 0.05) is 0 Å². The highest BCUT2D eigenvalue weighted by molar-refractivity contribution is 5.37. The molecule has 1 heterocycles. The molecule has 0 saturated carbocycles. The van der Waals surface area contributed by atoms with Crippen LogP contribution in [-0.2, 0) is 0 Å². The summed E-state index contributed by atoms with van der Waals surface area (Å²) in [4.78, 5) is 17.3. The van der Waals surface area contributed by atoms with E-state index < -0.39 is 5.56 Å². The van der Waals surface area contributed by atoms with Crippen LogP contribution in [0, 0.1) is 11.3 Å². The van der Waals surface area contributed by atoms with Crippen LogP contribution >= 0.6 is 0 Å². The molecule has 0 aliphatic rings. The third-order valence-electron chi connectivity index (χ3n) is 1.70. The van der Waals surface area contributed by atoms with E-state index in [0.717, 1.165) is 0 Å². The van der Waals surface area contributed by atoms with Crippen molar-refractivity contribution >= 4 is 11.6 Å². The number of nitrogens with one attached hydrogen (secondary N) is 2. The molecule has 0 aliphatic carbocycles. The lowest BCUT2D eigenvalue weighted by atomic mass is 10.2. The summed E-state index contributed by atoms with van der Waals surface area (Å²) in [5, 5.41) is 11.4. The lowest BCUT2D eigenvalue weighted by Crippen LogP contribution is -2.21. The molecule has 0 radical (unpaired) electrons. The van der Waals surface area contributed by atoms with Crippen LogP contribution in [0.2, 0.25) is 0 Å². The largest absolute Gasteiger partial charge is 0.393 e. The Hall–Kier alpha value is -2.03. The number of nitrogens with two attached hydrogens (primary N) is 1. The van der Waals surface area contributed by atoms with Crippen LogP contribution in [0.3, 0.4) is 0 Å². The van der Waals surface area contributed by atoms with E-state index in [1.165, 1.54) is 6.20 Å². The Morgan fingerprint density at radius 2 is 2.57 bits per heavy atom. The van der Waals surface area contributed by atoms with Crippen LogP contribution in [0.4, 0.5) is 11.6 Å². The highest BCUT2D eigenvalue weighted by Crippen LogP contribution is 2.00. The van der Waals surface area contributed by atoms with Gasteiger partial charge in [0.15, 0.2) is 0 Å². The number of H-pyrrole nitrogens is 1. The van der Waals surface area contributed by atoms with Gasteiger partial charge in [-0.05, 0) is 6.42 Å². The Labute approximate surface area is 80.8 Å². The second-order valence-corrected chi connectivity index (χ2v) is 2.75. The van der Waals surface area contributed by atoms with Gasteiger partial charge in [-0.2, -0.15) is 5.26 Å². The molecule has 1 rings (SSSR count). The van der Waals surface area contributed by atoms with Crippen molar-refractivity contribution < 1.29 is 0 Å². The lowest BCUT2D eigenvalue weighted by Gasteiger charge is -2.08. The molecule has 4 N–H and O–H groups in total. The number of rotatable bonds is 3.